The summed E-state index contributed by atoms with van der Waals surface area (Å²) < 4.78 is 5.86. The molecule has 1 fully saturated rings. The summed E-state index contributed by atoms with van der Waals surface area (Å²) in [4.78, 5) is 23.5. The lowest BCUT2D eigenvalue weighted by atomic mass is 9.64. The zero-order chi connectivity index (χ0) is 20.6. The maximum Gasteiger partial charge on any atom is 0.324 e. The van der Waals surface area contributed by atoms with Crippen LogP contribution in [0.15, 0.2) is 42.5 Å². The normalized spacial score (nSPS) is 26.5. The second-order valence-corrected chi connectivity index (χ2v) is 9.56. The second-order valence-electron chi connectivity index (χ2n) is 8.74. The minimum Gasteiger partial charge on any atom is -0.426 e. The predicted octanol–water partition coefficient (Wildman–Crippen LogP) is 5.87. The van der Waals surface area contributed by atoms with Crippen LogP contribution in [0.25, 0.3) is 11.0 Å². The lowest BCUT2D eigenvalue weighted by Gasteiger charge is -2.38. The number of rotatable bonds is 2. The van der Waals surface area contributed by atoms with Crippen molar-refractivity contribution in [3.8, 4) is 5.75 Å². The SMILES string of the molecule is CC12CCC(C(=O)Oc3ccccc3)(c3nc4cc(Cl)c(Cl)cc4nc31)C2(C)C. The van der Waals surface area contributed by atoms with E-state index in [-0.39, 0.29) is 11.4 Å². The van der Waals surface area contributed by atoms with Crippen LogP contribution in [0.1, 0.15) is 45.0 Å². The fourth-order valence-electron chi connectivity index (χ4n) is 5.23. The first-order chi connectivity index (χ1) is 13.7. The fraction of sp³-hybridized carbons (Fsp3) is 0.348. The average molecular weight is 427 g/mol. The highest BCUT2D eigenvalue weighted by Crippen LogP contribution is 2.70. The Balaban J connectivity index is 1.73. The van der Waals surface area contributed by atoms with Crippen molar-refractivity contribution in [1.82, 2.24) is 9.97 Å². The molecular weight excluding hydrogens is 407 g/mol. The summed E-state index contributed by atoms with van der Waals surface area (Å²) in [5, 5.41) is 0.863. The Hall–Kier alpha value is -2.17. The van der Waals surface area contributed by atoms with Crippen LogP contribution in [-0.2, 0) is 15.6 Å². The van der Waals surface area contributed by atoms with E-state index in [9.17, 15) is 4.79 Å². The van der Waals surface area contributed by atoms with Crippen molar-refractivity contribution < 1.29 is 9.53 Å². The molecule has 2 bridgehead atoms. The van der Waals surface area contributed by atoms with Gasteiger partial charge in [-0.05, 0) is 42.5 Å². The molecule has 6 heteroatoms. The highest BCUT2D eigenvalue weighted by atomic mass is 35.5. The van der Waals surface area contributed by atoms with Crippen molar-refractivity contribution in [3.63, 3.8) is 0 Å². The lowest BCUT2D eigenvalue weighted by Crippen LogP contribution is -2.48. The Bertz CT molecular complexity index is 1180. The summed E-state index contributed by atoms with van der Waals surface area (Å²) in [6.45, 7) is 6.43. The zero-order valence-corrected chi connectivity index (χ0v) is 17.9. The average Bonchev–Trinajstić information content (AvgIpc) is 2.98. The fourth-order valence-corrected chi connectivity index (χ4v) is 5.55. The summed E-state index contributed by atoms with van der Waals surface area (Å²) in [5.74, 6) is 0.262. The van der Waals surface area contributed by atoms with Crippen molar-refractivity contribution in [1.29, 1.82) is 0 Å². The third-order valence-corrected chi connectivity index (χ3v) is 8.10. The quantitative estimate of drug-likeness (QED) is 0.379. The summed E-state index contributed by atoms with van der Waals surface area (Å²) in [7, 11) is 0. The Morgan fingerprint density at radius 2 is 1.52 bits per heavy atom. The van der Waals surface area contributed by atoms with Crippen LogP contribution in [0.5, 0.6) is 5.75 Å². The number of hydrogen-bond acceptors (Lipinski definition) is 4. The van der Waals surface area contributed by atoms with E-state index in [0.29, 0.717) is 38.9 Å². The number of fused-ring (bicyclic) bond motifs is 6. The number of esters is 1. The van der Waals surface area contributed by atoms with Crippen molar-refractivity contribution >= 4 is 40.2 Å². The molecule has 2 unspecified atom stereocenters. The lowest BCUT2D eigenvalue weighted by molar-refractivity contribution is -0.145. The maximum absolute atomic E-state index is 13.6. The predicted molar refractivity (Wildman–Crippen MR) is 114 cm³/mol. The highest BCUT2D eigenvalue weighted by Gasteiger charge is 2.74. The van der Waals surface area contributed by atoms with Crippen LogP contribution >= 0.6 is 23.2 Å². The molecule has 0 N–H and O–H groups in total. The number of nitrogens with zero attached hydrogens (tertiary/aromatic N) is 2. The summed E-state index contributed by atoms with van der Waals surface area (Å²) in [6.07, 6.45) is 1.52. The molecule has 1 saturated carbocycles. The second kappa shape index (κ2) is 5.93. The minimum atomic E-state index is -0.861. The summed E-state index contributed by atoms with van der Waals surface area (Å²) >= 11 is 12.4. The van der Waals surface area contributed by atoms with E-state index in [0.717, 1.165) is 12.1 Å². The van der Waals surface area contributed by atoms with E-state index in [4.69, 9.17) is 37.9 Å². The first-order valence-corrected chi connectivity index (χ1v) is 10.4. The van der Waals surface area contributed by atoms with Gasteiger partial charge in [0.05, 0.1) is 32.5 Å². The summed E-state index contributed by atoms with van der Waals surface area (Å²) in [5.41, 5.74) is 1.35. The summed E-state index contributed by atoms with van der Waals surface area (Å²) in [6, 6.07) is 12.6. The number of hydrogen-bond donors (Lipinski definition) is 0. The standard InChI is InChI=1S/C23H20Cl2N2O2/c1-21(2)22(3)9-10-23(21,20(28)29-13-7-5-4-6-8-13)19-18(22)26-16-11-14(24)15(25)12-17(16)27-19/h4-8,11-12H,9-10H2,1-3H3. The molecule has 2 aromatic carbocycles. The molecule has 4 nitrogen and oxygen atoms in total. The Labute approximate surface area is 179 Å². The molecule has 3 aromatic rings. The molecule has 0 spiro atoms. The van der Waals surface area contributed by atoms with E-state index in [2.05, 4.69) is 20.8 Å². The van der Waals surface area contributed by atoms with Crippen LogP contribution in [0.2, 0.25) is 10.0 Å². The number of benzene rings is 2. The van der Waals surface area contributed by atoms with Gasteiger partial charge in [-0.3, -0.25) is 4.79 Å². The molecule has 148 valence electrons. The molecule has 2 aliphatic carbocycles. The highest BCUT2D eigenvalue weighted by molar-refractivity contribution is 6.42. The Kier molecular flexibility index (Phi) is 3.85. The van der Waals surface area contributed by atoms with Gasteiger partial charge >= 0.3 is 5.97 Å². The monoisotopic (exact) mass is 426 g/mol. The van der Waals surface area contributed by atoms with Gasteiger partial charge in [0.2, 0.25) is 0 Å². The Morgan fingerprint density at radius 3 is 2.14 bits per heavy atom. The number of aromatic nitrogens is 2. The molecule has 0 amide bonds. The molecular formula is C23H20Cl2N2O2. The van der Waals surface area contributed by atoms with Gasteiger partial charge in [-0.1, -0.05) is 62.2 Å². The third-order valence-electron chi connectivity index (χ3n) is 7.38. The first-order valence-electron chi connectivity index (χ1n) is 9.66. The van der Waals surface area contributed by atoms with Crippen molar-refractivity contribution in [2.75, 3.05) is 0 Å². The number of carbonyl (C=O) groups is 1. The van der Waals surface area contributed by atoms with Gasteiger partial charge in [0.15, 0.2) is 0 Å². The van der Waals surface area contributed by atoms with E-state index in [1.54, 1.807) is 24.3 Å². The molecule has 29 heavy (non-hydrogen) atoms. The topological polar surface area (TPSA) is 52.1 Å². The number of halogens is 2. The molecule has 0 radical (unpaired) electrons. The third kappa shape index (κ3) is 2.25. The van der Waals surface area contributed by atoms with Gasteiger partial charge in [-0.2, -0.15) is 0 Å². The number of ether oxygens (including phenoxy) is 1. The largest absolute Gasteiger partial charge is 0.426 e. The number of carbonyl (C=O) groups excluding carboxylic acids is 1. The van der Waals surface area contributed by atoms with Gasteiger partial charge in [-0.15, -0.1) is 0 Å². The molecule has 1 heterocycles. The maximum atomic E-state index is 13.6. The first kappa shape index (κ1) is 18.8. The van der Waals surface area contributed by atoms with Crippen molar-refractivity contribution in [2.24, 2.45) is 5.41 Å². The van der Waals surface area contributed by atoms with Gasteiger partial charge < -0.3 is 4.74 Å². The molecule has 5 rings (SSSR count). The van der Waals surface area contributed by atoms with Gasteiger partial charge in [0.25, 0.3) is 0 Å². The molecule has 2 atom stereocenters. The zero-order valence-electron chi connectivity index (χ0n) is 16.4. The minimum absolute atomic E-state index is 0.273. The van der Waals surface area contributed by atoms with Crippen LogP contribution in [0, 0.1) is 5.41 Å². The molecule has 1 aromatic heterocycles. The van der Waals surface area contributed by atoms with Gasteiger partial charge in [-0.25, -0.2) is 9.97 Å². The van der Waals surface area contributed by atoms with Gasteiger partial charge in [0.1, 0.15) is 11.2 Å². The van der Waals surface area contributed by atoms with Crippen LogP contribution in [0.3, 0.4) is 0 Å². The van der Waals surface area contributed by atoms with E-state index in [1.807, 2.05) is 18.2 Å². The number of para-hydroxylation sites is 1. The van der Waals surface area contributed by atoms with Crippen LogP contribution < -0.4 is 4.74 Å². The van der Waals surface area contributed by atoms with Gasteiger partial charge in [0, 0.05) is 5.41 Å². The smallest absolute Gasteiger partial charge is 0.324 e. The molecule has 0 aliphatic heterocycles. The van der Waals surface area contributed by atoms with E-state index < -0.39 is 10.8 Å². The van der Waals surface area contributed by atoms with Crippen molar-refractivity contribution in [3.05, 3.63) is 63.9 Å². The van der Waals surface area contributed by atoms with E-state index >= 15 is 0 Å². The molecule has 0 saturated heterocycles. The van der Waals surface area contributed by atoms with Crippen molar-refractivity contribution in [2.45, 2.75) is 44.4 Å². The van der Waals surface area contributed by atoms with E-state index in [1.165, 1.54) is 0 Å². The van der Waals surface area contributed by atoms with Crippen LogP contribution in [-0.4, -0.2) is 15.9 Å². The Morgan fingerprint density at radius 1 is 0.931 bits per heavy atom. The molecule has 2 aliphatic rings. The van der Waals surface area contributed by atoms with Crippen LogP contribution in [0.4, 0.5) is 0 Å².